The standard InChI is InChI=1S/C19H17ClF4O3S/c1-18(28(25,26)14-4-2-3-13(10-14)19(22,23)24)7-8-27-17(11-18)12-5-6-16(21)15(20)9-12/h2-6,9-10,17H,7-8,11H2,1H3. The lowest BCUT2D eigenvalue weighted by Crippen LogP contribution is -2.42. The fourth-order valence-electron chi connectivity index (χ4n) is 3.27. The maximum atomic E-state index is 13.4. The first-order chi connectivity index (χ1) is 12.9. The highest BCUT2D eigenvalue weighted by Gasteiger charge is 2.45. The molecule has 0 saturated carbocycles. The molecule has 2 unspecified atom stereocenters. The van der Waals surface area contributed by atoms with E-state index in [1.54, 1.807) is 0 Å². The van der Waals surface area contributed by atoms with Crippen LogP contribution in [0.5, 0.6) is 0 Å². The summed E-state index contributed by atoms with van der Waals surface area (Å²) < 4.78 is 83.0. The van der Waals surface area contributed by atoms with Crippen molar-refractivity contribution in [2.45, 2.75) is 41.7 Å². The third kappa shape index (κ3) is 3.90. The first-order valence-corrected chi connectivity index (χ1v) is 10.3. The minimum absolute atomic E-state index is 0.00748. The Bertz CT molecular complexity index is 991. The summed E-state index contributed by atoms with van der Waals surface area (Å²) in [6.07, 6.45) is -5.18. The smallest absolute Gasteiger partial charge is 0.373 e. The van der Waals surface area contributed by atoms with E-state index in [1.165, 1.54) is 19.1 Å². The Morgan fingerprint density at radius 1 is 1.18 bits per heavy atom. The van der Waals surface area contributed by atoms with Gasteiger partial charge in [0, 0.05) is 6.61 Å². The van der Waals surface area contributed by atoms with E-state index in [4.69, 9.17) is 16.3 Å². The van der Waals surface area contributed by atoms with Crippen LogP contribution in [0.1, 0.15) is 37.0 Å². The van der Waals surface area contributed by atoms with E-state index in [9.17, 15) is 26.0 Å². The number of rotatable bonds is 3. The number of benzene rings is 2. The number of hydrogen-bond acceptors (Lipinski definition) is 3. The molecule has 0 N–H and O–H groups in total. The fourth-order valence-corrected chi connectivity index (χ4v) is 5.29. The van der Waals surface area contributed by atoms with Gasteiger partial charge in [-0.15, -0.1) is 0 Å². The Balaban J connectivity index is 1.95. The minimum Gasteiger partial charge on any atom is -0.373 e. The SMILES string of the molecule is CC1(S(=O)(=O)c2cccc(C(F)(F)F)c2)CCOC(c2ccc(F)c(Cl)c2)C1. The van der Waals surface area contributed by atoms with Gasteiger partial charge < -0.3 is 4.74 Å². The summed E-state index contributed by atoms with van der Waals surface area (Å²) in [5.41, 5.74) is -0.511. The molecule has 1 heterocycles. The second kappa shape index (κ2) is 7.31. The van der Waals surface area contributed by atoms with Crippen molar-refractivity contribution in [1.82, 2.24) is 0 Å². The van der Waals surface area contributed by atoms with Crippen molar-refractivity contribution >= 4 is 21.4 Å². The van der Waals surface area contributed by atoms with Crippen LogP contribution in [0.2, 0.25) is 5.02 Å². The van der Waals surface area contributed by atoms with Crippen LogP contribution in [-0.4, -0.2) is 19.8 Å². The molecule has 0 aromatic heterocycles. The molecule has 2 aromatic rings. The predicted molar refractivity (Wildman–Crippen MR) is 96.4 cm³/mol. The van der Waals surface area contributed by atoms with E-state index in [2.05, 4.69) is 0 Å². The molecular weight excluding hydrogens is 420 g/mol. The van der Waals surface area contributed by atoms with Crippen molar-refractivity contribution in [2.24, 2.45) is 0 Å². The number of ether oxygens (including phenoxy) is 1. The van der Waals surface area contributed by atoms with Gasteiger partial charge in [-0.25, -0.2) is 12.8 Å². The average molecular weight is 437 g/mol. The summed E-state index contributed by atoms with van der Waals surface area (Å²) in [6, 6.07) is 7.70. The molecule has 2 atom stereocenters. The summed E-state index contributed by atoms with van der Waals surface area (Å²) in [6.45, 7) is 1.58. The van der Waals surface area contributed by atoms with Crippen molar-refractivity contribution in [3.63, 3.8) is 0 Å². The van der Waals surface area contributed by atoms with E-state index in [-0.39, 0.29) is 29.4 Å². The zero-order valence-electron chi connectivity index (χ0n) is 14.8. The van der Waals surface area contributed by atoms with Crippen LogP contribution in [0.4, 0.5) is 17.6 Å². The second-order valence-corrected chi connectivity index (χ2v) is 9.84. The van der Waals surface area contributed by atoms with Gasteiger partial charge in [-0.3, -0.25) is 0 Å². The highest BCUT2D eigenvalue weighted by molar-refractivity contribution is 7.92. The number of sulfone groups is 1. The Hall–Kier alpha value is -1.64. The van der Waals surface area contributed by atoms with Crippen LogP contribution in [-0.2, 0) is 20.8 Å². The van der Waals surface area contributed by atoms with E-state index in [0.717, 1.165) is 24.3 Å². The fraction of sp³-hybridized carbons (Fsp3) is 0.368. The number of alkyl halides is 3. The van der Waals surface area contributed by atoms with Crippen LogP contribution in [0, 0.1) is 5.82 Å². The first kappa shape index (κ1) is 21.1. The Morgan fingerprint density at radius 2 is 1.89 bits per heavy atom. The molecule has 3 nitrogen and oxygen atoms in total. The van der Waals surface area contributed by atoms with Gasteiger partial charge in [0.2, 0.25) is 0 Å². The van der Waals surface area contributed by atoms with Crippen molar-refractivity contribution < 1.29 is 30.7 Å². The van der Waals surface area contributed by atoms with E-state index >= 15 is 0 Å². The zero-order valence-corrected chi connectivity index (χ0v) is 16.3. The monoisotopic (exact) mass is 436 g/mol. The summed E-state index contributed by atoms with van der Waals surface area (Å²) in [5, 5.41) is -0.117. The van der Waals surface area contributed by atoms with Gasteiger partial charge in [-0.05, 0) is 55.7 Å². The van der Waals surface area contributed by atoms with E-state index in [1.807, 2.05) is 0 Å². The van der Waals surface area contributed by atoms with Gasteiger partial charge in [0.1, 0.15) is 5.82 Å². The molecule has 28 heavy (non-hydrogen) atoms. The van der Waals surface area contributed by atoms with Crippen molar-refractivity contribution in [3.05, 3.63) is 64.4 Å². The first-order valence-electron chi connectivity index (χ1n) is 8.42. The average Bonchev–Trinajstić information content (AvgIpc) is 2.63. The Kier molecular flexibility index (Phi) is 5.51. The Labute approximate surface area is 165 Å². The second-order valence-electron chi connectivity index (χ2n) is 6.97. The van der Waals surface area contributed by atoms with Gasteiger partial charge in [0.15, 0.2) is 9.84 Å². The Morgan fingerprint density at radius 3 is 2.54 bits per heavy atom. The predicted octanol–water partition coefficient (Wildman–Crippen LogP) is 5.58. The van der Waals surface area contributed by atoms with E-state index in [0.29, 0.717) is 11.6 Å². The number of hydrogen-bond donors (Lipinski definition) is 0. The van der Waals surface area contributed by atoms with Crippen molar-refractivity contribution in [2.75, 3.05) is 6.61 Å². The zero-order chi connectivity index (χ0) is 20.7. The van der Waals surface area contributed by atoms with Gasteiger partial charge in [0.25, 0.3) is 0 Å². The minimum atomic E-state index is -4.64. The van der Waals surface area contributed by atoms with Gasteiger partial charge in [-0.2, -0.15) is 13.2 Å². The molecule has 1 aliphatic heterocycles. The summed E-state index contributed by atoms with van der Waals surface area (Å²) in [5.74, 6) is -0.611. The topological polar surface area (TPSA) is 43.4 Å². The van der Waals surface area contributed by atoms with E-state index < -0.39 is 38.2 Å². The molecule has 152 valence electrons. The molecule has 2 aromatic carbocycles. The number of halogens is 5. The largest absolute Gasteiger partial charge is 0.416 e. The van der Waals surface area contributed by atoms with Gasteiger partial charge >= 0.3 is 6.18 Å². The van der Waals surface area contributed by atoms with Gasteiger partial charge in [0.05, 0.1) is 26.3 Å². The molecule has 0 amide bonds. The normalized spacial score (nSPS) is 23.6. The van der Waals surface area contributed by atoms with Crippen LogP contribution in [0.25, 0.3) is 0 Å². The lowest BCUT2D eigenvalue weighted by atomic mass is 9.92. The lowest BCUT2D eigenvalue weighted by molar-refractivity contribution is -0.137. The maximum absolute atomic E-state index is 13.4. The molecule has 1 aliphatic rings. The quantitative estimate of drug-likeness (QED) is 0.590. The highest BCUT2D eigenvalue weighted by atomic mass is 35.5. The van der Waals surface area contributed by atoms with Gasteiger partial charge in [-0.1, -0.05) is 23.7 Å². The molecule has 0 aliphatic carbocycles. The molecular formula is C19H17ClF4O3S. The third-order valence-corrected chi connectivity index (χ3v) is 7.84. The molecule has 1 saturated heterocycles. The van der Waals surface area contributed by atoms with Crippen molar-refractivity contribution in [1.29, 1.82) is 0 Å². The summed E-state index contributed by atoms with van der Waals surface area (Å²) in [7, 11) is -4.09. The molecule has 0 spiro atoms. The third-order valence-electron chi connectivity index (χ3n) is 5.00. The maximum Gasteiger partial charge on any atom is 0.416 e. The highest BCUT2D eigenvalue weighted by Crippen LogP contribution is 2.43. The van der Waals surface area contributed by atoms with Crippen LogP contribution in [0.3, 0.4) is 0 Å². The molecule has 3 rings (SSSR count). The summed E-state index contributed by atoms with van der Waals surface area (Å²) in [4.78, 5) is -0.386. The van der Waals surface area contributed by atoms with Crippen LogP contribution < -0.4 is 0 Å². The summed E-state index contributed by atoms with van der Waals surface area (Å²) >= 11 is 5.79. The molecule has 0 bridgehead atoms. The molecule has 1 fully saturated rings. The van der Waals surface area contributed by atoms with Crippen molar-refractivity contribution in [3.8, 4) is 0 Å². The molecule has 9 heteroatoms. The lowest BCUT2D eigenvalue weighted by Gasteiger charge is -2.38. The molecule has 0 radical (unpaired) electrons. The van der Waals surface area contributed by atoms with Crippen LogP contribution >= 0.6 is 11.6 Å². The van der Waals surface area contributed by atoms with Crippen LogP contribution in [0.15, 0.2) is 47.4 Å².